The number of carbonyl (C=O) groups excluding carboxylic acids is 1. The third-order valence-corrected chi connectivity index (χ3v) is 1.72. The Morgan fingerprint density at radius 2 is 1.93 bits per heavy atom. The third-order valence-electron chi connectivity index (χ3n) is 1.72. The minimum absolute atomic E-state index is 0.564. The summed E-state index contributed by atoms with van der Waals surface area (Å²) in [5, 5.41) is 3.18. The Morgan fingerprint density at radius 1 is 1.29 bits per heavy atom. The van der Waals surface area contributed by atoms with Crippen molar-refractivity contribution < 1.29 is 4.79 Å². The van der Waals surface area contributed by atoms with E-state index in [2.05, 4.69) is 5.32 Å². The van der Waals surface area contributed by atoms with E-state index in [4.69, 9.17) is 0 Å². The van der Waals surface area contributed by atoms with Gasteiger partial charge >= 0.3 is 0 Å². The molecule has 0 aliphatic carbocycles. The molecule has 0 aliphatic rings. The van der Waals surface area contributed by atoms with Crippen LogP contribution >= 0.6 is 0 Å². The first kappa shape index (κ1) is 12.7. The van der Waals surface area contributed by atoms with Crippen molar-refractivity contribution in [2.24, 2.45) is 0 Å². The Labute approximate surface area is 86.3 Å². The van der Waals surface area contributed by atoms with Crippen LogP contribution in [-0.4, -0.2) is 12.8 Å². The standard InChI is InChI=1S/C10H13NO.C2H6/c1-9-5-2-3-6-10(9)11-7-4-8-12;1-2/h2-3,5-6,8,11H,4,7H2,1H3;1-2H3. The molecule has 0 aromatic heterocycles. The number of carbonyl (C=O) groups is 1. The number of benzene rings is 1. The number of nitrogens with one attached hydrogen (secondary N) is 1. The predicted molar refractivity (Wildman–Crippen MR) is 61.7 cm³/mol. The Hall–Kier alpha value is -1.31. The largest absolute Gasteiger partial charge is 0.384 e. The van der Waals surface area contributed by atoms with E-state index in [9.17, 15) is 4.79 Å². The lowest BCUT2D eigenvalue weighted by Gasteiger charge is -2.06. The van der Waals surface area contributed by atoms with E-state index in [1.807, 2.05) is 45.0 Å². The maximum absolute atomic E-state index is 10.0. The molecule has 1 aromatic rings. The van der Waals surface area contributed by atoms with Gasteiger partial charge in [-0.2, -0.15) is 0 Å². The molecule has 0 saturated carbocycles. The van der Waals surface area contributed by atoms with Crippen LogP contribution in [0.3, 0.4) is 0 Å². The number of rotatable bonds is 4. The van der Waals surface area contributed by atoms with Crippen molar-refractivity contribution >= 4 is 12.0 Å². The van der Waals surface area contributed by atoms with Crippen LogP contribution in [0.4, 0.5) is 5.69 Å². The molecule has 0 amide bonds. The summed E-state index contributed by atoms with van der Waals surface area (Å²) in [6.45, 7) is 6.76. The van der Waals surface area contributed by atoms with Crippen LogP contribution in [-0.2, 0) is 4.79 Å². The van der Waals surface area contributed by atoms with Crippen LogP contribution in [0, 0.1) is 6.92 Å². The zero-order valence-electron chi connectivity index (χ0n) is 9.21. The highest BCUT2D eigenvalue weighted by Crippen LogP contribution is 2.12. The summed E-state index contributed by atoms with van der Waals surface area (Å²) in [5.74, 6) is 0. The predicted octanol–water partition coefficient (Wildman–Crippen LogP) is 3.02. The minimum atomic E-state index is 0.564. The quantitative estimate of drug-likeness (QED) is 0.588. The molecule has 2 nitrogen and oxygen atoms in total. The molecule has 0 fully saturated rings. The molecule has 0 heterocycles. The van der Waals surface area contributed by atoms with Crippen molar-refractivity contribution in [3.05, 3.63) is 29.8 Å². The first-order valence-corrected chi connectivity index (χ1v) is 5.07. The van der Waals surface area contributed by atoms with Gasteiger partial charge in [0.25, 0.3) is 0 Å². The van der Waals surface area contributed by atoms with Crippen molar-refractivity contribution in [2.45, 2.75) is 27.2 Å². The molecule has 14 heavy (non-hydrogen) atoms. The Kier molecular flexibility index (Phi) is 7.52. The lowest BCUT2D eigenvalue weighted by molar-refractivity contribution is -0.107. The van der Waals surface area contributed by atoms with Crippen LogP contribution in [0.5, 0.6) is 0 Å². The highest BCUT2D eigenvalue weighted by molar-refractivity contribution is 5.53. The Bertz CT molecular complexity index is 258. The molecule has 0 aliphatic heterocycles. The van der Waals surface area contributed by atoms with Crippen molar-refractivity contribution in [3.8, 4) is 0 Å². The summed E-state index contributed by atoms with van der Waals surface area (Å²) in [6.07, 6.45) is 1.49. The molecule has 0 radical (unpaired) electrons. The number of aldehydes is 1. The molecule has 2 heteroatoms. The second-order valence-corrected chi connectivity index (χ2v) is 2.70. The fourth-order valence-electron chi connectivity index (χ4n) is 1.04. The van der Waals surface area contributed by atoms with Crippen LogP contribution < -0.4 is 5.32 Å². The number of hydrogen-bond donors (Lipinski definition) is 1. The maximum Gasteiger partial charge on any atom is 0.121 e. The minimum Gasteiger partial charge on any atom is -0.384 e. The smallest absolute Gasteiger partial charge is 0.121 e. The van der Waals surface area contributed by atoms with Gasteiger partial charge in [-0.05, 0) is 18.6 Å². The molecule has 1 aromatic carbocycles. The van der Waals surface area contributed by atoms with Gasteiger partial charge < -0.3 is 10.1 Å². The molecule has 78 valence electrons. The fourth-order valence-corrected chi connectivity index (χ4v) is 1.04. The van der Waals surface area contributed by atoms with Crippen LogP contribution in [0.15, 0.2) is 24.3 Å². The molecule has 0 unspecified atom stereocenters. The van der Waals surface area contributed by atoms with Gasteiger partial charge in [-0.15, -0.1) is 0 Å². The van der Waals surface area contributed by atoms with E-state index < -0.39 is 0 Å². The topological polar surface area (TPSA) is 29.1 Å². The summed E-state index contributed by atoms with van der Waals surface area (Å²) in [4.78, 5) is 10.0. The Morgan fingerprint density at radius 3 is 2.50 bits per heavy atom. The van der Waals surface area contributed by atoms with Gasteiger partial charge in [-0.3, -0.25) is 0 Å². The maximum atomic E-state index is 10.0. The summed E-state index contributed by atoms with van der Waals surface area (Å²) >= 11 is 0. The van der Waals surface area contributed by atoms with Crippen LogP contribution in [0.2, 0.25) is 0 Å². The summed E-state index contributed by atoms with van der Waals surface area (Å²) in [7, 11) is 0. The molecular formula is C12H19NO. The zero-order chi connectivity index (χ0) is 10.8. The number of para-hydroxylation sites is 1. The molecule has 0 saturated heterocycles. The lowest BCUT2D eigenvalue weighted by atomic mass is 10.2. The summed E-state index contributed by atoms with van der Waals surface area (Å²) in [5.41, 5.74) is 2.32. The number of hydrogen-bond acceptors (Lipinski definition) is 2. The molecule has 1 N–H and O–H groups in total. The van der Waals surface area contributed by atoms with Gasteiger partial charge in [0, 0.05) is 18.7 Å². The van der Waals surface area contributed by atoms with Crippen molar-refractivity contribution in [1.29, 1.82) is 0 Å². The van der Waals surface area contributed by atoms with E-state index >= 15 is 0 Å². The first-order valence-electron chi connectivity index (χ1n) is 5.07. The number of anilines is 1. The van der Waals surface area contributed by atoms with Gasteiger partial charge in [0.1, 0.15) is 6.29 Å². The molecule has 0 bridgehead atoms. The monoisotopic (exact) mass is 193 g/mol. The van der Waals surface area contributed by atoms with Gasteiger partial charge in [-0.1, -0.05) is 32.0 Å². The van der Waals surface area contributed by atoms with E-state index in [0.29, 0.717) is 13.0 Å². The fraction of sp³-hybridized carbons (Fsp3) is 0.417. The first-order chi connectivity index (χ1) is 6.84. The van der Waals surface area contributed by atoms with Gasteiger partial charge in [0.2, 0.25) is 0 Å². The molecule has 0 spiro atoms. The second-order valence-electron chi connectivity index (χ2n) is 2.70. The third kappa shape index (κ3) is 4.65. The highest BCUT2D eigenvalue weighted by Gasteiger charge is 1.93. The van der Waals surface area contributed by atoms with E-state index in [-0.39, 0.29) is 0 Å². The van der Waals surface area contributed by atoms with Crippen molar-refractivity contribution in [3.63, 3.8) is 0 Å². The number of aryl methyl sites for hydroxylation is 1. The SMILES string of the molecule is CC.Cc1ccccc1NCCC=O. The van der Waals surface area contributed by atoms with Gasteiger partial charge in [0.05, 0.1) is 0 Å². The van der Waals surface area contributed by atoms with E-state index in [1.54, 1.807) is 0 Å². The summed E-state index contributed by atoms with van der Waals surface area (Å²) in [6, 6.07) is 8.04. The Balaban J connectivity index is 0.000000791. The second kappa shape index (κ2) is 8.30. The average Bonchev–Trinajstić information content (AvgIpc) is 2.24. The van der Waals surface area contributed by atoms with Crippen molar-refractivity contribution in [1.82, 2.24) is 0 Å². The van der Waals surface area contributed by atoms with E-state index in [0.717, 1.165) is 12.0 Å². The lowest BCUT2D eigenvalue weighted by Crippen LogP contribution is -2.02. The average molecular weight is 193 g/mol. The van der Waals surface area contributed by atoms with Crippen molar-refractivity contribution in [2.75, 3.05) is 11.9 Å². The van der Waals surface area contributed by atoms with Crippen LogP contribution in [0.1, 0.15) is 25.8 Å². The van der Waals surface area contributed by atoms with Crippen LogP contribution in [0.25, 0.3) is 0 Å². The normalized spacial score (nSPS) is 8.50. The van der Waals surface area contributed by atoms with E-state index in [1.165, 1.54) is 5.56 Å². The van der Waals surface area contributed by atoms with Gasteiger partial charge in [-0.25, -0.2) is 0 Å². The molecule has 1 rings (SSSR count). The molecule has 0 atom stereocenters. The highest BCUT2D eigenvalue weighted by atomic mass is 16.1. The summed E-state index contributed by atoms with van der Waals surface area (Å²) < 4.78 is 0. The van der Waals surface area contributed by atoms with Gasteiger partial charge in [0.15, 0.2) is 0 Å². The zero-order valence-corrected chi connectivity index (χ0v) is 9.21. The molecular weight excluding hydrogens is 174 g/mol.